The van der Waals surface area contributed by atoms with E-state index < -0.39 is 0 Å². The third-order valence-corrected chi connectivity index (χ3v) is 2.89. The summed E-state index contributed by atoms with van der Waals surface area (Å²) >= 11 is 5.98. The van der Waals surface area contributed by atoms with Crippen LogP contribution in [0.3, 0.4) is 0 Å². The summed E-state index contributed by atoms with van der Waals surface area (Å²) in [6.45, 7) is 3.93. The monoisotopic (exact) mass is 241 g/mol. The molecule has 3 nitrogen and oxygen atoms in total. The van der Waals surface area contributed by atoms with Crippen molar-refractivity contribution in [2.75, 3.05) is 24.6 Å². The Hall–Kier alpha value is -0.930. The fraction of sp³-hybridized carbons (Fsp3) is 0.500. The average Bonchev–Trinajstić information content (AvgIpc) is 2.26. The van der Waals surface area contributed by atoms with Crippen LogP contribution >= 0.6 is 11.6 Å². The first-order valence-corrected chi connectivity index (χ1v) is 5.90. The van der Waals surface area contributed by atoms with Gasteiger partial charge in [-0.05, 0) is 31.5 Å². The molecule has 0 saturated heterocycles. The van der Waals surface area contributed by atoms with Crippen molar-refractivity contribution in [3.63, 3.8) is 0 Å². The SMILES string of the molecule is CC1CN(CCCO)c2cc(Cl)ccc2O1. The van der Waals surface area contributed by atoms with Crippen LogP contribution in [0, 0.1) is 0 Å². The van der Waals surface area contributed by atoms with E-state index in [1.54, 1.807) is 0 Å². The molecule has 1 aromatic rings. The smallest absolute Gasteiger partial charge is 0.143 e. The summed E-state index contributed by atoms with van der Waals surface area (Å²) < 4.78 is 5.73. The van der Waals surface area contributed by atoms with Crippen LogP contribution in [-0.4, -0.2) is 30.9 Å². The molecule has 88 valence electrons. The van der Waals surface area contributed by atoms with Crippen molar-refractivity contribution in [2.45, 2.75) is 19.4 Å². The highest BCUT2D eigenvalue weighted by molar-refractivity contribution is 6.30. The van der Waals surface area contributed by atoms with Crippen molar-refractivity contribution in [1.82, 2.24) is 0 Å². The Labute approximate surface area is 101 Å². The first-order chi connectivity index (χ1) is 7.70. The van der Waals surface area contributed by atoms with E-state index in [0.29, 0.717) is 5.02 Å². The maximum absolute atomic E-state index is 8.88. The lowest BCUT2D eigenvalue weighted by atomic mass is 10.2. The van der Waals surface area contributed by atoms with Crippen molar-refractivity contribution in [1.29, 1.82) is 0 Å². The molecule has 1 aromatic carbocycles. The predicted molar refractivity (Wildman–Crippen MR) is 65.5 cm³/mol. The van der Waals surface area contributed by atoms with Crippen molar-refractivity contribution < 1.29 is 9.84 Å². The molecule has 1 heterocycles. The van der Waals surface area contributed by atoms with Crippen LogP contribution in [0.1, 0.15) is 13.3 Å². The predicted octanol–water partition coefficient (Wildman–Crippen LogP) is 2.31. The molecule has 0 bridgehead atoms. The van der Waals surface area contributed by atoms with Crippen molar-refractivity contribution in [2.24, 2.45) is 0 Å². The van der Waals surface area contributed by atoms with E-state index in [-0.39, 0.29) is 12.7 Å². The number of hydrogen-bond donors (Lipinski definition) is 1. The van der Waals surface area contributed by atoms with Crippen LogP contribution < -0.4 is 9.64 Å². The Balaban J connectivity index is 2.24. The van der Waals surface area contributed by atoms with Crippen molar-refractivity contribution in [3.05, 3.63) is 23.2 Å². The standard InChI is InChI=1S/C12H16ClNO2/c1-9-8-14(5-2-6-15)11-7-10(13)3-4-12(11)16-9/h3-4,7,9,15H,2,5-6,8H2,1H3. The molecule has 2 rings (SSSR count). The quantitative estimate of drug-likeness (QED) is 0.882. The van der Waals surface area contributed by atoms with E-state index in [2.05, 4.69) is 4.90 Å². The van der Waals surface area contributed by atoms with Crippen LogP contribution in [-0.2, 0) is 0 Å². The Morgan fingerprint density at radius 3 is 3.12 bits per heavy atom. The van der Waals surface area contributed by atoms with Gasteiger partial charge in [0.15, 0.2) is 0 Å². The Morgan fingerprint density at radius 1 is 1.56 bits per heavy atom. The highest BCUT2D eigenvalue weighted by Crippen LogP contribution is 2.35. The molecular weight excluding hydrogens is 226 g/mol. The molecule has 0 saturated carbocycles. The zero-order valence-electron chi connectivity index (χ0n) is 9.32. The zero-order chi connectivity index (χ0) is 11.5. The topological polar surface area (TPSA) is 32.7 Å². The van der Waals surface area contributed by atoms with E-state index in [4.69, 9.17) is 21.4 Å². The van der Waals surface area contributed by atoms with E-state index >= 15 is 0 Å². The Morgan fingerprint density at radius 2 is 2.38 bits per heavy atom. The molecule has 1 unspecified atom stereocenters. The lowest BCUT2D eigenvalue weighted by molar-refractivity contribution is 0.210. The van der Waals surface area contributed by atoms with Crippen LogP contribution in [0.15, 0.2) is 18.2 Å². The molecular formula is C12H16ClNO2. The second-order valence-electron chi connectivity index (χ2n) is 4.06. The molecule has 0 amide bonds. The van der Waals surface area contributed by atoms with Crippen LogP contribution in [0.25, 0.3) is 0 Å². The molecule has 0 aliphatic carbocycles. The average molecular weight is 242 g/mol. The molecule has 0 aromatic heterocycles. The van der Waals surface area contributed by atoms with Gasteiger partial charge in [-0.2, -0.15) is 0 Å². The zero-order valence-corrected chi connectivity index (χ0v) is 10.1. The Kier molecular flexibility index (Phi) is 3.56. The van der Waals surface area contributed by atoms with Gasteiger partial charge >= 0.3 is 0 Å². The minimum atomic E-state index is 0.173. The van der Waals surface area contributed by atoms with E-state index in [9.17, 15) is 0 Å². The van der Waals surface area contributed by atoms with Crippen LogP contribution in [0.4, 0.5) is 5.69 Å². The second kappa shape index (κ2) is 4.93. The van der Waals surface area contributed by atoms with Gasteiger partial charge in [0.1, 0.15) is 11.9 Å². The minimum Gasteiger partial charge on any atom is -0.487 e. The van der Waals surface area contributed by atoms with Gasteiger partial charge < -0.3 is 14.7 Å². The van der Waals surface area contributed by atoms with Crippen molar-refractivity contribution >= 4 is 17.3 Å². The third-order valence-electron chi connectivity index (χ3n) is 2.65. The van der Waals surface area contributed by atoms with E-state index in [1.165, 1.54) is 0 Å². The first kappa shape index (κ1) is 11.6. The second-order valence-corrected chi connectivity index (χ2v) is 4.50. The van der Waals surface area contributed by atoms with Gasteiger partial charge in [0.05, 0.1) is 12.2 Å². The van der Waals surface area contributed by atoms with Crippen LogP contribution in [0.2, 0.25) is 5.02 Å². The fourth-order valence-corrected chi connectivity index (χ4v) is 2.14. The number of fused-ring (bicyclic) bond motifs is 1. The van der Waals surface area contributed by atoms with Gasteiger partial charge in [0.2, 0.25) is 0 Å². The molecule has 1 N–H and O–H groups in total. The molecule has 4 heteroatoms. The highest BCUT2D eigenvalue weighted by atomic mass is 35.5. The van der Waals surface area contributed by atoms with Gasteiger partial charge in [0, 0.05) is 18.2 Å². The lowest BCUT2D eigenvalue weighted by Gasteiger charge is -2.35. The highest BCUT2D eigenvalue weighted by Gasteiger charge is 2.22. The summed E-state index contributed by atoms with van der Waals surface area (Å²) in [5.41, 5.74) is 1.03. The maximum Gasteiger partial charge on any atom is 0.143 e. The maximum atomic E-state index is 8.88. The van der Waals surface area contributed by atoms with Crippen LogP contribution in [0.5, 0.6) is 5.75 Å². The van der Waals surface area contributed by atoms with Gasteiger partial charge in [-0.1, -0.05) is 11.6 Å². The summed E-state index contributed by atoms with van der Waals surface area (Å²) in [6.07, 6.45) is 0.936. The number of halogens is 1. The summed E-state index contributed by atoms with van der Waals surface area (Å²) in [5.74, 6) is 0.876. The normalized spacial score (nSPS) is 19.2. The fourth-order valence-electron chi connectivity index (χ4n) is 1.97. The number of hydrogen-bond acceptors (Lipinski definition) is 3. The molecule has 1 aliphatic rings. The molecule has 16 heavy (non-hydrogen) atoms. The number of nitrogens with zero attached hydrogens (tertiary/aromatic N) is 1. The molecule has 0 spiro atoms. The molecule has 1 aliphatic heterocycles. The van der Waals surface area contributed by atoms with E-state index in [1.807, 2.05) is 25.1 Å². The van der Waals surface area contributed by atoms with Gasteiger partial charge in [-0.25, -0.2) is 0 Å². The summed E-state index contributed by atoms with van der Waals surface area (Å²) in [5, 5.41) is 9.60. The number of rotatable bonds is 3. The van der Waals surface area contributed by atoms with Gasteiger partial charge in [-0.3, -0.25) is 0 Å². The third kappa shape index (κ3) is 2.42. The number of benzene rings is 1. The summed E-state index contributed by atoms with van der Waals surface area (Å²) in [6, 6.07) is 5.65. The number of aliphatic hydroxyl groups excluding tert-OH is 1. The summed E-state index contributed by atoms with van der Waals surface area (Å²) in [7, 11) is 0. The number of ether oxygens (including phenoxy) is 1. The largest absolute Gasteiger partial charge is 0.487 e. The molecule has 1 atom stereocenters. The van der Waals surface area contributed by atoms with E-state index in [0.717, 1.165) is 30.9 Å². The first-order valence-electron chi connectivity index (χ1n) is 5.52. The number of aliphatic hydroxyl groups is 1. The molecule has 0 fully saturated rings. The number of anilines is 1. The minimum absolute atomic E-state index is 0.173. The van der Waals surface area contributed by atoms with Gasteiger partial charge in [-0.15, -0.1) is 0 Å². The Bertz CT molecular complexity index is 370. The van der Waals surface area contributed by atoms with Crippen molar-refractivity contribution in [3.8, 4) is 5.75 Å². The molecule has 0 radical (unpaired) electrons. The lowest BCUT2D eigenvalue weighted by Crippen LogP contribution is -2.39. The van der Waals surface area contributed by atoms with Gasteiger partial charge in [0.25, 0.3) is 0 Å². The summed E-state index contributed by atoms with van der Waals surface area (Å²) in [4.78, 5) is 2.21.